The maximum Gasteiger partial charge on any atom is 0.227 e. The third kappa shape index (κ3) is 3.51. The molecule has 1 N–H and O–H groups in total. The van der Waals surface area contributed by atoms with Crippen molar-refractivity contribution in [3.63, 3.8) is 0 Å². The van der Waals surface area contributed by atoms with Crippen LogP contribution in [0.3, 0.4) is 0 Å². The Bertz CT molecular complexity index is 996. The van der Waals surface area contributed by atoms with Gasteiger partial charge in [-0.3, -0.25) is 9.69 Å². The monoisotopic (exact) mass is 397 g/mol. The van der Waals surface area contributed by atoms with Crippen LogP contribution >= 0.6 is 0 Å². The first-order chi connectivity index (χ1) is 14.0. The molecule has 29 heavy (non-hydrogen) atoms. The topological polar surface area (TPSA) is 92.2 Å². The second kappa shape index (κ2) is 7.92. The summed E-state index contributed by atoms with van der Waals surface area (Å²) in [6.07, 6.45) is 3.10. The molecule has 154 valence electrons. The molecule has 9 heteroatoms. The number of likely N-dealkylation sites (tertiary alicyclic amines) is 1. The Balaban J connectivity index is 1.54. The highest BCUT2D eigenvalue weighted by atomic mass is 16.5. The molecule has 0 bridgehead atoms. The molecule has 0 spiro atoms. The van der Waals surface area contributed by atoms with Crippen molar-refractivity contribution in [2.24, 2.45) is 0 Å². The van der Waals surface area contributed by atoms with Crippen molar-refractivity contribution >= 4 is 16.8 Å². The lowest BCUT2D eigenvalue weighted by Gasteiger charge is -2.34. The number of carbonyl (C=O) groups is 1. The van der Waals surface area contributed by atoms with Gasteiger partial charge in [0.05, 0.1) is 19.6 Å². The second-order valence-electron chi connectivity index (χ2n) is 7.75. The Morgan fingerprint density at radius 1 is 1.34 bits per heavy atom. The number of hydrogen-bond acceptors (Lipinski definition) is 6. The number of aromatic nitrogens is 5. The van der Waals surface area contributed by atoms with Crippen LogP contribution in [0.25, 0.3) is 10.9 Å². The van der Waals surface area contributed by atoms with Gasteiger partial charge in [-0.25, -0.2) is 4.68 Å². The number of nitrogens with one attached hydrogen (secondary N) is 1. The normalized spacial score (nSPS) is 19.5. The highest BCUT2D eigenvalue weighted by Gasteiger charge is 2.47. The molecule has 2 aromatic heterocycles. The van der Waals surface area contributed by atoms with Gasteiger partial charge >= 0.3 is 0 Å². The van der Waals surface area contributed by atoms with E-state index in [-0.39, 0.29) is 5.91 Å². The fourth-order valence-electron chi connectivity index (χ4n) is 4.17. The molecule has 0 saturated carbocycles. The number of carbonyl (C=O) groups excluding carboxylic acids is 1. The van der Waals surface area contributed by atoms with Gasteiger partial charge in [0.2, 0.25) is 5.91 Å². The van der Waals surface area contributed by atoms with E-state index in [1.165, 1.54) is 0 Å². The van der Waals surface area contributed by atoms with Crippen LogP contribution in [0.5, 0.6) is 0 Å². The van der Waals surface area contributed by atoms with Crippen molar-refractivity contribution in [2.75, 3.05) is 40.9 Å². The highest BCUT2D eigenvalue weighted by Crippen LogP contribution is 2.35. The summed E-state index contributed by atoms with van der Waals surface area (Å²) in [5, 5.41) is 13.4. The fraction of sp³-hybridized carbons (Fsp3) is 0.500. The third-order valence-corrected chi connectivity index (χ3v) is 5.93. The summed E-state index contributed by atoms with van der Waals surface area (Å²) in [5.41, 5.74) is 1.67. The van der Waals surface area contributed by atoms with Crippen LogP contribution in [-0.2, 0) is 28.0 Å². The number of hydrogen-bond donors (Lipinski definition) is 1. The number of methoxy groups -OCH3 is 1. The first-order valence-corrected chi connectivity index (χ1v) is 9.81. The smallest absolute Gasteiger partial charge is 0.227 e. The van der Waals surface area contributed by atoms with Gasteiger partial charge in [-0.2, -0.15) is 0 Å². The number of aromatic amines is 1. The van der Waals surface area contributed by atoms with Gasteiger partial charge in [0.1, 0.15) is 5.54 Å². The van der Waals surface area contributed by atoms with Crippen molar-refractivity contribution in [3.8, 4) is 0 Å². The van der Waals surface area contributed by atoms with E-state index in [4.69, 9.17) is 4.74 Å². The molecule has 1 fully saturated rings. The first-order valence-electron chi connectivity index (χ1n) is 9.81. The number of amides is 1. The standard InChI is InChI=1S/C20H27N7O2/c1-25(2)20(19-22-23-24-27(19)10-11-29-3)8-9-26(14-20)18(28)12-15-13-21-17-7-5-4-6-16(15)17/h4-7,13,21H,8-12,14H2,1-3H3. The Kier molecular flexibility index (Phi) is 5.33. The largest absolute Gasteiger partial charge is 0.383 e. The molecular weight excluding hydrogens is 370 g/mol. The van der Waals surface area contributed by atoms with Crippen LogP contribution in [0.15, 0.2) is 30.5 Å². The first kappa shape index (κ1) is 19.5. The van der Waals surface area contributed by atoms with Gasteiger partial charge in [0, 0.05) is 37.3 Å². The molecule has 1 saturated heterocycles. The zero-order valence-corrected chi connectivity index (χ0v) is 17.1. The zero-order chi connectivity index (χ0) is 20.4. The van der Waals surface area contributed by atoms with E-state index < -0.39 is 5.54 Å². The number of rotatable bonds is 7. The van der Waals surface area contributed by atoms with E-state index in [9.17, 15) is 4.79 Å². The van der Waals surface area contributed by atoms with Crippen LogP contribution < -0.4 is 0 Å². The summed E-state index contributed by atoms with van der Waals surface area (Å²) in [6, 6.07) is 8.06. The highest BCUT2D eigenvalue weighted by molar-refractivity contribution is 5.89. The minimum absolute atomic E-state index is 0.120. The lowest BCUT2D eigenvalue weighted by atomic mass is 9.96. The Labute approximate surface area is 169 Å². The van der Waals surface area contributed by atoms with Gasteiger partial charge < -0.3 is 14.6 Å². The number of tetrazole rings is 1. The van der Waals surface area contributed by atoms with E-state index >= 15 is 0 Å². The molecule has 3 heterocycles. The van der Waals surface area contributed by atoms with Crippen LogP contribution in [0.4, 0.5) is 0 Å². The summed E-state index contributed by atoms with van der Waals surface area (Å²) in [5.74, 6) is 0.899. The van der Waals surface area contributed by atoms with Crippen molar-refractivity contribution < 1.29 is 9.53 Å². The van der Waals surface area contributed by atoms with Gasteiger partial charge in [0.15, 0.2) is 5.82 Å². The molecule has 0 radical (unpaired) electrons. The summed E-state index contributed by atoms with van der Waals surface area (Å²) >= 11 is 0. The molecule has 3 aromatic rings. The summed E-state index contributed by atoms with van der Waals surface area (Å²) in [4.78, 5) is 20.4. The number of fused-ring (bicyclic) bond motifs is 1. The van der Waals surface area contributed by atoms with Crippen LogP contribution in [0, 0.1) is 0 Å². The average molecular weight is 397 g/mol. The Hall–Kier alpha value is -2.78. The second-order valence-corrected chi connectivity index (χ2v) is 7.75. The average Bonchev–Trinajstić information content (AvgIpc) is 3.45. The molecule has 1 aliphatic rings. The predicted molar refractivity (Wildman–Crippen MR) is 108 cm³/mol. The summed E-state index contributed by atoms with van der Waals surface area (Å²) in [7, 11) is 5.69. The van der Waals surface area contributed by atoms with E-state index in [1.54, 1.807) is 11.8 Å². The fourth-order valence-corrected chi connectivity index (χ4v) is 4.17. The van der Waals surface area contributed by atoms with Gasteiger partial charge in [-0.15, -0.1) is 5.10 Å². The molecule has 1 aromatic carbocycles. The van der Waals surface area contributed by atoms with Crippen molar-refractivity contribution in [2.45, 2.75) is 24.9 Å². The maximum absolute atomic E-state index is 13.1. The van der Waals surface area contributed by atoms with Crippen LogP contribution in [0.1, 0.15) is 17.8 Å². The van der Waals surface area contributed by atoms with Gasteiger partial charge in [0.25, 0.3) is 0 Å². The number of likely N-dealkylation sites (N-methyl/N-ethyl adjacent to an activating group) is 1. The zero-order valence-electron chi connectivity index (χ0n) is 17.1. The minimum atomic E-state index is -0.410. The van der Waals surface area contributed by atoms with Crippen molar-refractivity contribution in [1.29, 1.82) is 0 Å². The van der Waals surface area contributed by atoms with E-state index in [0.29, 0.717) is 32.7 Å². The number of para-hydroxylation sites is 1. The number of H-pyrrole nitrogens is 1. The lowest BCUT2D eigenvalue weighted by molar-refractivity contribution is -0.129. The van der Waals surface area contributed by atoms with Crippen LogP contribution in [-0.4, -0.2) is 81.8 Å². The Morgan fingerprint density at radius 2 is 2.17 bits per heavy atom. The maximum atomic E-state index is 13.1. The minimum Gasteiger partial charge on any atom is -0.383 e. The molecule has 9 nitrogen and oxygen atoms in total. The molecule has 4 rings (SSSR count). The van der Waals surface area contributed by atoms with Gasteiger partial charge in [-0.05, 0) is 42.6 Å². The number of ether oxygens (including phenoxy) is 1. The molecule has 0 aliphatic carbocycles. The van der Waals surface area contributed by atoms with Crippen LogP contribution in [0.2, 0.25) is 0 Å². The lowest BCUT2D eigenvalue weighted by Crippen LogP contribution is -2.47. The van der Waals surface area contributed by atoms with Gasteiger partial charge in [-0.1, -0.05) is 18.2 Å². The summed E-state index contributed by atoms with van der Waals surface area (Å²) in [6.45, 7) is 2.35. The molecule has 1 atom stereocenters. The summed E-state index contributed by atoms with van der Waals surface area (Å²) < 4.78 is 6.97. The van der Waals surface area contributed by atoms with E-state index in [2.05, 4.69) is 25.4 Å². The Morgan fingerprint density at radius 3 is 2.97 bits per heavy atom. The van der Waals surface area contributed by atoms with Crippen molar-refractivity contribution in [1.82, 2.24) is 35.0 Å². The number of benzene rings is 1. The molecule has 1 amide bonds. The molecule has 1 aliphatic heterocycles. The van der Waals surface area contributed by atoms with E-state index in [1.807, 2.05) is 49.5 Å². The molecular formula is C20H27N7O2. The number of nitrogens with zero attached hydrogens (tertiary/aromatic N) is 6. The van der Waals surface area contributed by atoms with Crippen molar-refractivity contribution in [3.05, 3.63) is 41.9 Å². The predicted octanol–water partition coefficient (Wildman–Crippen LogP) is 1.03. The van der Waals surface area contributed by atoms with E-state index in [0.717, 1.165) is 28.7 Å². The molecule has 1 unspecified atom stereocenters. The SMILES string of the molecule is COCCn1nnnc1C1(N(C)C)CCN(C(=O)Cc2c[nH]c3ccccc23)C1. The quantitative estimate of drug-likeness (QED) is 0.640. The third-order valence-electron chi connectivity index (χ3n) is 5.93.